The van der Waals surface area contributed by atoms with Crippen molar-refractivity contribution >= 4 is 29.0 Å². The first-order chi connectivity index (χ1) is 14.7. The standard InChI is InChI=1S/C21H25F3N6O/c1-12(31)30-9-8-13-10-16(6-7-18(13)30)28-20-26-11-17(21(22,23)24)19(29-20)27-15-4-2-14(25)3-5-15/h6-7,10-11,14-15H,2-5,8-9,25H2,1H3,(H2,26,27,28,29). The Balaban J connectivity index is 1.56. The van der Waals surface area contributed by atoms with E-state index in [-0.39, 0.29) is 29.8 Å². The lowest BCUT2D eigenvalue weighted by molar-refractivity contribution is -0.137. The summed E-state index contributed by atoms with van der Waals surface area (Å²) in [6.45, 7) is 2.13. The molecule has 4 rings (SSSR count). The Labute approximate surface area is 178 Å². The fraction of sp³-hybridized carbons (Fsp3) is 0.476. The van der Waals surface area contributed by atoms with Gasteiger partial charge in [0.2, 0.25) is 11.9 Å². The number of amides is 1. The number of alkyl halides is 3. The molecule has 2 aromatic rings. The molecule has 1 saturated carbocycles. The molecule has 31 heavy (non-hydrogen) atoms. The van der Waals surface area contributed by atoms with Crippen LogP contribution in [0.25, 0.3) is 0 Å². The summed E-state index contributed by atoms with van der Waals surface area (Å²) < 4.78 is 40.4. The first-order valence-electron chi connectivity index (χ1n) is 10.3. The summed E-state index contributed by atoms with van der Waals surface area (Å²) >= 11 is 0. The number of carbonyl (C=O) groups excluding carboxylic acids is 1. The van der Waals surface area contributed by atoms with Crippen LogP contribution in [0.2, 0.25) is 0 Å². The van der Waals surface area contributed by atoms with Gasteiger partial charge in [-0.2, -0.15) is 18.2 Å². The van der Waals surface area contributed by atoms with Crippen LogP contribution < -0.4 is 21.3 Å². The van der Waals surface area contributed by atoms with Crippen molar-refractivity contribution in [2.75, 3.05) is 22.1 Å². The number of fused-ring (bicyclic) bond motifs is 1. The summed E-state index contributed by atoms with van der Waals surface area (Å²) in [5.41, 5.74) is 7.50. The van der Waals surface area contributed by atoms with Gasteiger partial charge in [-0.05, 0) is 55.9 Å². The largest absolute Gasteiger partial charge is 0.421 e. The van der Waals surface area contributed by atoms with Crippen LogP contribution >= 0.6 is 0 Å². The van der Waals surface area contributed by atoms with Gasteiger partial charge in [-0.1, -0.05) is 0 Å². The quantitative estimate of drug-likeness (QED) is 0.677. The van der Waals surface area contributed by atoms with Crippen LogP contribution in [0.4, 0.5) is 36.3 Å². The van der Waals surface area contributed by atoms with Crippen molar-refractivity contribution in [2.45, 2.75) is 57.3 Å². The summed E-state index contributed by atoms with van der Waals surface area (Å²) in [5.74, 6) is -0.177. The van der Waals surface area contributed by atoms with E-state index in [1.54, 1.807) is 11.0 Å². The molecule has 10 heteroatoms. The van der Waals surface area contributed by atoms with Crippen molar-refractivity contribution in [2.24, 2.45) is 5.73 Å². The molecule has 1 fully saturated rings. The molecule has 1 aromatic heterocycles. The van der Waals surface area contributed by atoms with Crippen LogP contribution in [0.15, 0.2) is 24.4 Å². The highest BCUT2D eigenvalue weighted by Crippen LogP contribution is 2.36. The number of hydrogen-bond donors (Lipinski definition) is 3. The van der Waals surface area contributed by atoms with Crippen molar-refractivity contribution in [3.05, 3.63) is 35.5 Å². The summed E-state index contributed by atoms with van der Waals surface area (Å²) in [6, 6.07) is 5.44. The van der Waals surface area contributed by atoms with Gasteiger partial charge in [0, 0.05) is 43.1 Å². The predicted molar refractivity (Wildman–Crippen MR) is 112 cm³/mol. The van der Waals surface area contributed by atoms with Gasteiger partial charge >= 0.3 is 6.18 Å². The van der Waals surface area contributed by atoms with Crippen LogP contribution in [0.5, 0.6) is 0 Å². The van der Waals surface area contributed by atoms with E-state index >= 15 is 0 Å². The fourth-order valence-electron chi connectivity index (χ4n) is 4.15. The Morgan fingerprint density at radius 3 is 2.65 bits per heavy atom. The van der Waals surface area contributed by atoms with E-state index in [2.05, 4.69) is 20.6 Å². The second kappa shape index (κ2) is 8.33. The molecule has 7 nitrogen and oxygen atoms in total. The molecule has 0 atom stereocenters. The highest BCUT2D eigenvalue weighted by atomic mass is 19.4. The molecule has 1 amide bonds. The number of anilines is 4. The zero-order valence-electron chi connectivity index (χ0n) is 17.2. The van der Waals surface area contributed by atoms with Gasteiger partial charge in [-0.3, -0.25) is 4.79 Å². The number of benzene rings is 1. The maximum Gasteiger partial charge on any atom is 0.421 e. The zero-order chi connectivity index (χ0) is 22.2. The van der Waals surface area contributed by atoms with Gasteiger partial charge in [-0.15, -0.1) is 0 Å². The lowest BCUT2D eigenvalue weighted by atomic mass is 9.92. The van der Waals surface area contributed by atoms with E-state index in [4.69, 9.17) is 5.73 Å². The minimum atomic E-state index is -4.56. The lowest BCUT2D eigenvalue weighted by Gasteiger charge is -2.28. The Bertz CT molecular complexity index is 972. The molecule has 0 radical (unpaired) electrons. The molecule has 166 valence electrons. The normalized spacial score (nSPS) is 21.0. The van der Waals surface area contributed by atoms with Gasteiger partial charge in [0.1, 0.15) is 11.4 Å². The van der Waals surface area contributed by atoms with E-state index in [9.17, 15) is 18.0 Å². The molecule has 0 unspecified atom stereocenters. The highest BCUT2D eigenvalue weighted by molar-refractivity contribution is 5.94. The molecular weight excluding hydrogens is 409 g/mol. The number of carbonyl (C=O) groups is 1. The SMILES string of the molecule is CC(=O)N1CCc2cc(Nc3ncc(C(F)(F)F)c(NC4CCC(N)CC4)n3)ccc21. The highest BCUT2D eigenvalue weighted by Gasteiger charge is 2.36. The van der Waals surface area contributed by atoms with Crippen molar-refractivity contribution in [3.8, 4) is 0 Å². The molecular formula is C21H25F3N6O. The maximum atomic E-state index is 13.5. The average Bonchev–Trinajstić information content (AvgIpc) is 3.12. The third-order valence-corrected chi connectivity index (χ3v) is 5.82. The number of nitrogens with zero attached hydrogens (tertiary/aromatic N) is 3. The van der Waals surface area contributed by atoms with Crippen LogP contribution in [-0.4, -0.2) is 34.5 Å². The Morgan fingerprint density at radius 1 is 1.23 bits per heavy atom. The average molecular weight is 434 g/mol. The van der Waals surface area contributed by atoms with E-state index < -0.39 is 11.7 Å². The number of halogens is 3. The second-order valence-electron chi connectivity index (χ2n) is 8.10. The zero-order valence-corrected chi connectivity index (χ0v) is 17.2. The monoisotopic (exact) mass is 434 g/mol. The number of aromatic nitrogens is 2. The smallest absolute Gasteiger partial charge is 0.367 e. The number of hydrogen-bond acceptors (Lipinski definition) is 6. The van der Waals surface area contributed by atoms with Crippen LogP contribution in [0.3, 0.4) is 0 Å². The van der Waals surface area contributed by atoms with Crippen LogP contribution in [0.1, 0.15) is 43.7 Å². The Hall–Kier alpha value is -2.88. The first kappa shape index (κ1) is 21.4. The van der Waals surface area contributed by atoms with Crippen molar-refractivity contribution in [1.82, 2.24) is 9.97 Å². The number of nitrogens with one attached hydrogen (secondary N) is 2. The van der Waals surface area contributed by atoms with Crippen LogP contribution in [-0.2, 0) is 17.4 Å². The van der Waals surface area contributed by atoms with Gasteiger partial charge in [0.15, 0.2) is 0 Å². The summed E-state index contributed by atoms with van der Waals surface area (Å²) in [5, 5.41) is 5.94. The van der Waals surface area contributed by atoms with E-state index in [0.717, 1.165) is 36.7 Å². The molecule has 1 aliphatic heterocycles. The van der Waals surface area contributed by atoms with E-state index in [1.807, 2.05) is 12.1 Å². The summed E-state index contributed by atoms with van der Waals surface area (Å²) in [6.07, 6.45) is -0.115. The van der Waals surface area contributed by atoms with Gasteiger partial charge < -0.3 is 21.3 Å². The molecule has 4 N–H and O–H groups in total. The molecule has 1 aliphatic carbocycles. The van der Waals surface area contributed by atoms with E-state index in [1.165, 1.54) is 6.92 Å². The fourth-order valence-corrected chi connectivity index (χ4v) is 4.15. The predicted octanol–water partition coefficient (Wildman–Crippen LogP) is 3.83. The molecule has 0 bridgehead atoms. The number of nitrogens with two attached hydrogens (primary N) is 1. The van der Waals surface area contributed by atoms with Crippen molar-refractivity contribution < 1.29 is 18.0 Å². The minimum Gasteiger partial charge on any atom is -0.367 e. The van der Waals surface area contributed by atoms with Gasteiger partial charge in [-0.25, -0.2) is 4.98 Å². The van der Waals surface area contributed by atoms with Gasteiger partial charge in [0.25, 0.3) is 0 Å². The van der Waals surface area contributed by atoms with E-state index in [0.29, 0.717) is 25.1 Å². The first-order valence-corrected chi connectivity index (χ1v) is 10.3. The van der Waals surface area contributed by atoms with Crippen molar-refractivity contribution in [3.63, 3.8) is 0 Å². The molecule has 0 spiro atoms. The van der Waals surface area contributed by atoms with Crippen LogP contribution in [0, 0.1) is 0 Å². The maximum absolute atomic E-state index is 13.5. The third-order valence-electron chi connectivity index (χ3n) is 5.82. The molecule has 0 saturated heterocycles. The van der Waals surface area contributed by atoms with Crippen molar-refractivity contribution in [1.29, 1.82) is 0 Å². The Morgan fingerprint density at radius 2 is 1.97 bits per heavy atom. The Kier molecular flexibility index (Phi) is 5.74. The topological polar surface area (TPSA) is 96.2 Å². The molecule has 1 aromatic carbocycles. The second-order valence-corrected chi connectivity index (χ2v) is 8.10. The summed E-state index contributed by atoms with van der Waals surface area (Å²) in [7, 11) is 0. The van der Waals surface area contributed by atoms with Gasteiger partial charge in [0.05, 0.1) is 0 Å². The molecule has 2 aliphatic rings. The molecule has 2 heterocycles. The third kappa shape index (κ3) is 4.73. The lowest BCUT2D eigenvalue weighted by Crippen LogP contribution is -2.33. The minimum absolute atomic E-state index is 0.0232. The summed E-state index contributed by atoms with van der Waals surface area (Å²) in [4.78, 5) is 21.4. The number of rotatable bonds is 4.